The van der Waals surface area contributed by atoms with E-state index in [0.717, 1.165) is 12.8 Å². The van der Waals surface area contributed by atoms with Gasteiger partial charge in [0.2, 0.25) is 0 Å². The average Bonchev–Trinajstić information content (AvgIpc) is 3.11. The molecule has 1 aromatic carbocycles. The zero-order valence-electron chi connectivity index (χ0n) is 15.9. The molecule has 0 saturated carbocycles. The summed E-state index contributed by atoms with van der Waals surface area (Å²) < 4.78 is 5.67. The Morgan fingerprint density at radius 1 is 1.07 bits per heavy atom. The van der Waals surface area contributed by atoms with Gasteiger partial charge in [-0.1, -0.05) is 41.9 Å². The van der Waals surface area contributed by atoms with Crippen molar-refractivity contribution < 1.29 is 19.1 Å². The number of ketones is 1. The third-order valence-electron chi connectivity index (χ3n) is 4.18. The molecule has 2 aromatic rings. The predicted molar refractivity (Wildman–Crippen MR) is 111 cm³/mol. The Morgan fingerprint density at radius 3 is 2.43 bits per heavy atom. The molecule has 1 aromatic heterocycles. The number of halogens is 1. The Labute approximate surface area is 174 Å². The van der Waals surface area contributed by atoms with E-state index in [0.29, 0.717) is 9.21 Å². The van der Waals surface area contributed by atoms with Crippen LogP contribution in [-0.4, -0.2) is 29.8 Å². The summed E-state index contributed by atoms with van der Waals surface area (Å²) >= 11 is 6.98. The molecule has 0 aliphatic rings. The van der Waals surface area contributed by atoms with Crippen molar-refractivity contribution in [3.8, 4) is 0 Å². The number of nitrogens with one attached hydrogen (secondary N) is 1. The fourth-order valence-corrected chi connectivity index (χ4v) is 3.58. The highest BCUT2D eigenvalue weighted by Crippen LogP contribution is 2.23. The molecule has 0 aliphatic heterocycles. The Balaban J connectivity index is 1.68. The second kappa shape index (κ2) is 11.0. The van der Waals surface area contributed by atoms with E-state index in [1.165, 1.54) is 23.8 Å². The predicted octanol–water partition coefficient (Wildman–Crippen LogP) is 4.43. The summed E-state index contributed by atoms with van der Waals surface area (Å²) in [6.45, 7) is 3.44. The summed E-state index contributed by atoms with van der Waals surface area (Å²) in [6, 6.07) is 13.3. The highest BCUT2D eigenvalue weighted by atomic mass is 35.5. The van der Waals surface area contributed by atoms with Crippen LogP contribution in [0.1, 0.15) is 48.3 Å². The lowest BCUT2D eigenvalue weighted by atomic mass is 10.1. The summed E-state index contributed by atoms with van der Waals surface area (Å²) in [5, 5.41) is 2.85. The monoisotopic (exact) mass is 421 g/mol. The Kier molecular flexibility index (Phi) is 8.67. The summed E-state index contributed by atoms with van der Waals surface area (Å²) in [6.07, 6.45) is 0.685. The van der Waals surface area contributed by atoms with Crippen molar-refractivity contribution in [2.24, 2.45) is 0 Å². The lowest BCUT2D eigenvalue weighted by molar-refractivity contribution is -0.155. The molecule has 1 N–H and O–H groups in total. The van der Waals surface area contributed by atoms with Gasteiger partial charge in [0.1, 0.15) is 0 Å². The van der Waals surface area contributed by atoms with Gasteiger partial charge in [-0.15, -0.1) is 11.3 Å². The second-order valence-corrected chi connectivity index (χ2v) is 8.31. The smallest absolute Gasteiger partial charge is 0.307 e. The normalized spacial score (nSPS) is 12.8. The highest BCUT2D eigenvalue weighted by molar-refractivity contribution is 7.18. The molecule has 2 atom stereocenters. The van der Waals surface area contributed by atoms with Crippen LogP contribution in [0.2, 0.25) is 4.34 Å². The van der Waals surface area contributed by atoms with Crippen molar-refractivity contribution in [1.82, 2.24) is 5.32 Å². The molecule has 2 rings (SSSR count). The molecule has 150 valence electrons. The van der Waals surface area contributed by atoms with Crippen LogP contribution < -0.4 is 5.32 Å². The first kappa shape index (κ1) is 22.1. The maximum Gasteiger partial charge on any atom is 0.307 e. The first-order chi connectivity index (χ1) is 13.3. The molecule has 0 fully saturated rings. The van der Waals surface area contributed by atoms with Crippen LogP contribution in [-0.2, 0) is 20.7 Å². The molecule has 0 spiro atoms. The number of benzene rings is 1. The fourth-order valence-electron chi connectivity index (χ4n) is 2.57. The number of esters is 1. The van der Waals surface area contributed by atoms with Crippen LogP contribution in [0.5, 0.6) is 0 Å². The van der Waals surface area contributed by atoms with E-state index >= 15 is 0 Å². The van der Waals surface area contributed by atoms with Crippen molar-refractivity contribution in [2.45, 2.75) is 51.7 Å². The Morgan fingerprint density at radius 2 is 1.79 bits per heavy atom. The average molecular weight is 422 g/mol. The number of hydrogen-bond donors (Lipinski definition) is 1. The van der Waals surface area contributed by atoms with E-state index in [-0.39, 0.29) is 30.6 Å². The third-order valence-corrected chi connectivity index (χ3v) is 5.45. The summed E-state index contributed by atoms with van der Waals surface area (Å²) in [5.41, 5.74) is 1.21. The molecule has 28 heavy (non-hydrogen) atoms. The second-order valence-electron chi connectivity index (χ2n) is 6.59. The number of hydrogen-bond acceptors (Lipinski definition) is 5. The van der Waals surface area contributed by atoms with Crippen LogP contribution in [0.25, 0.3) is 0 Å². The number of thiophene rings is 1. The van der Waals surface area contributed by atoms with E-state index in [1.807, 2.05) is 37.3 Å². The topological polar surface area (TPSA) is 72.5 Å². The van der Waals surface area contributed by atoms with Gasteiger partial charge in [-0.25, -0.2) is 0 Å². The van der Waals surface area contributed by atoms with Crippen LogP contribution in [0.3, 0.4) is 0 Å². The molecular formula is C21H24ClNO4S. The lowest BCUT2D eigenvalue weighted by Gasteiger charge is -2.18. The van der Waals surface area contributed by atoms with Crippen molar-refractivity contribution in [3.63, 3.8) is 0 Å². The maximum absolute atomic E-state index is 12.2. The molecular weight excluding hydrogens is 398 g/mol. The molecule has 1 amide bonds. The van der Waals surface area contributed by atoms with Gasteiger partial charge in [0, 0.05) is 12.5 Å². The van der Waals surface area contributed by atoms with Gasteiger partial charge in [0.05, 0.1) is 15.6 Å². The van der Waals surface area contributed by atoms with Crippen molar-refractivity contribution in [3.05, 3.63) is 57.2 Å². The van der Waals surface area contributed by atoms with E-state index in [9.17, 15) is 14.4 Å². The minimum absolute atomic E-state index is 0.0253. The fraction of sp³-hybridized carbons (Fsp3) is 0.381. The first-order valence-electron chi connectivity index (χ1n) is 9.17. The van der Waals surface area contributed by atoms with Gasteiger partial charge < -0.3 is 10.1 Å². The van der Waals surface area contributed by atoms with Crippen LogP contribution in [0.4, 0.5) is 0 Å². The lowest BCUT2D eigenvalue weighted by Crippen LogP contribution is -2.41. The zero-order chi connectivity index (χ0) is 20.5. The summed E-state index contributed by atoms with van der Waals surface area (Å²) in [5.74, 6) is -1.08. The van der Waals surface area contributed by atoms with E-state index in [4.69, 9.17) is 16.3 Å². The number of carbonyl (C=O) groups is 3. The van der Waals surface area contributed by atoms with Crippen molar-refractivity contribution in [1.29, 1.82) is 0 Å². The molecule has 5 nitrogen and oxygen atoms in total. The van der Waals surface area contributed by atoms with Crippen LogP contribution >= 0.6 is 22.9 Å². The van der Waals surface area contributed by atoms with E-state index in [1.54, 1.807) is 12.1 Å². The Hall–Kier alpha value is -2.18. The van der Waals surface area contributed by atoms with E-state index in [2.05, 4.69) is 5.32 Å². The van der Waals surface area contributed by atoms with Gasteiger partial charge in [-0.05, 0) is 44.4 Å². The number of amides is 1. The maximum atomic E-state index is 12.2. The van der Waals surface area contributed by atoms with E-state index < -0.39 is 12.1 Å². The SMILES string of the molecule is C[C@H](CCc1ccccc1)NC(=O)[C@@H](C)OC(=O)CCC(=O)c1ccc(Cl)s1. The van der Waals surface area contributed by atoms with Crippen LogP contribution in [0, 0.1) is 0 Å². The number of Topliss-reactive ketones (excluding diaryl/α,β-unsaturated/α-hetero) is 1. The largest absolute Gasteiger partial charge is 0.453 e. The molecule has 0 bridgehead atoms. The highest BCUT2D eigenvalue weighted by Gasteiger charge is 2.20. The van der Waals surface area contributed by atoms with Gasteiger partial charge in [-0.3, -0.25) is 14.4 Å². The quantitative estimate of drug-likeness (QED) is 0.455. The number of rotatable bonds is 10. The minimum atomic E-state index is -0.905. The third kappa shape index (κ3) is 7.44. The van der Waals surface area contributed by atoms with Gasteiger partial charge >= 0.3 is 5.97 Å². The molecule has 0 unspecified atom stereocenters. The molecule has 0 radical (unpaired) electrons. The number of aryl methyl sites for hydroxylation is 1. The summed E-state index contributed by atoms with van der Waals surface area (Å²) in [7, 11) is 0. The molecule has 0 aliphatic carbocycles. The van der Waals surface area contributed by atoms with Gasteiger partial charge in [0.15, 0.2) is 11.9 Å². The summed E-state index contributed by atoms with van der Waals surface area (Å²) in [4.78, 5) is 36.6. The Bertz CT molecular complexity index is 806. The standard InChI is InChI=1S/C21H24ClNO4S/c1-14(8-9-16-6-4-3-5-7-16)23-21(26)15(2)27-20(25)13-10-17(24)18-11-12-19(22)28-18/h3-7,11-12,14-15H,8-10,13H2,1-2H3,(H,23,26)/t14-,15-/m1/s1. The number of ether oxygens (including phenoxy) is 1. The zero-order valence-corrected chi connectivity index (χ0v) is 17.5. The number of carbonyl (C=O) groups excluding carboxylic acids is 3. The van der Waals surface area contributed by atoms with Crippen molar-refractivity contribution in [2.75, 3.05) is 0 Å². The molecule has 0 saturated heterocycles. The molecule has 7 heteroatoms. The van der Waals surface area contributed by atoms with Crippen LogP contribution in [0.15, 0.2) is 42.5 Å². The van der Waals surface area contributed by atoms with Gasteiger partial charge in [-0.2, -0.15) is 0 Å². The van der Waals surface area contributed by atoms with Gasteiger partial charge in [0.25, 0.3) is 5.91 Å². The van der Waals surface area contributed by atoms with Crippen molar-refractivity contribution >= 4 is 40.6 Å². The minimum Gasteiger partial charge on any atom is -0.453 e. The molecule has 1 heterocycles. The first-order valence-corrected chi connectivity index (χ1v) is 10.4.